The van der Waals surface area contributed by atoms with Crippen molar-refractivity contribution in [3.8, 4) is 0 Å². The Kier molecular flexibility index (Phi) is 6.78. The number of fused-ring (bicyclic) bond motifs is 1. The molecule has 1 aromatic carbocycles. The number of nitrogens with one attached hydrogen (secondary N) is 1. The Labute approximate surface area is 165 Å². The van der Waals surface area contributed by atoms with Crippen LogP contribution in [0.15, 0.2) is 41.5 Å². The predicted octanol–water partition coefficient (Wildman–Crippen LogP) is 0.481. The second-order valence-corrected chi connectivity index (χ2v) is 8.10. The van der Waals surface area contributed by atoms with Crippen LogP contribution < -0.4 is 11.3 Å². The maximum Gasteiger partial charge on any atom is 0.328 e. The number of rotatable bonds is 10. The molecule has 0 fully saturated rings. The van der Waals surface area contributed by atoms with Gasteiger partial charge in [-0.25, -0.2) is 4.98 Å². The monoisotopic (exact) mass is 423 g/mol. The van der Waals surface area contributed by atoms with Gasteiger partial charge < -0.3 is 29.6 Å². The molecule has 12 heteroatoms. The lowest BCUT2D eigenvalue weighted by molar-refractivity contribution is -0.0145. The fourth-order valence-corrected chi connectivity index (χ4v) is 3.49. The summed E-state index contributed by atoms with van der Waals surface area (Å²) >= 11 is 0. The number of benzene rings is 1. The van der Waals surface area contributed by atoms with Gasteiger partial charge >= 0.3 is 7.60 Å². The highest BCUT2D eigenvalue weighted by atomic mass is 31.2. The maximum absolute atomic E-state index is 11.8. The molecule has 2 aromatic heterocycles. The molecule has 0 bridgehead atoms. The molecule has 5 N–H and O–H groups in total. The van der Waals surface area contributed by atoms with E-state index in [1.807, 2.05) is 30.3 Å². The number of H-pyrrole nitrogens is 1. The number of hydrogen-bond acceptors (Lipinski definition) is 7. The molecule has 0 spiro atoms. The molecule has 3 aromatic rings. The Morgan fingerprint density at radius 3 is 2.76 bits per heavy atom. The van der Waals surface area contributed by atoms with Gasteiger partial charge in [-0.15, -0.1) is 0 Å². The van der Waals surface area contributed by atoms with Crippen LogP contribution in [0.2, 0.25) is 0 Å². The van der Waals surface area contributed by atoms with Crippen LogP contribution in [0.3, 0.4) is 0 Å². The van der Waals surface area contributed by atoms with E-state index in [0.717, 1.165) is 5.56 Å². The summed E-state index contributed by atoms with van der Waals surface area (Å²) in [7, 11) is -4.28. The van der Waals surface area contributed by atoms with Gasteiger partial charge in [-0.3, -0.25) is 14.3 Å². The fraction of sp³-hybridized carbons (Fsp3) is 0.353. The molecule has 0 saturated heterocycles. The van der Waals surface area contributed by atoms with E-state index in [1.54, 1.807) is 4.57 Å². The minimum Gasteiger partial charge on any atom is -0.374 e. The molecule has 156 valence electrons. The first-order valence-electron chi connectivity index (χ1n) is 8.80. The molecule has 0 saturated carbocycles. The number of aromatic nitrogens is 4. The molecule has 0 aliphatic rings. The number of nitrogen functional groups attached to an aromatic ring is 1. The van der Waals surface area contributed by atoms with Gasteiger partial charge in [0.15, 0.2) is 11.2 Å². The maximum atomic E-state index is 11.8. The average Bonchev–Trinajstić information content (AvgIpc) is 3.04. The summed E-state index contributed by atoms with van der Waals surface area (Å²) in [4.78, 5) is 40.8. The normalized spacial score (nSPS) is 13.0. The number of nitrogens with two attached hydrogens (primary N) is 1. The summed E-state index contributed by atoms with van der Waals surface area (Å²) in [5.41, 5.74) is 6.52. The molecule has 29 heavy (non-hydrogen) atoms. The van der Waals surface area contributed by atoms with Crippen LogP contribution in [0.5, 0.6) is 0 Å². The van der Waals surface area contributed by atoms with Gasteiger partial charge in [0.05, 0.1) is 38.4 Å². The summed E-state index contributed by atoms with van der Waals surface area (Å²) < 4.78 is 24.2. The van der Waals surface area contributed by atoms with Crippen molar-refractivity contribution < 1.29 is 23.8 Å². The first-order chi connectivity index (χ1) is 13.8. The van der Waals surface area contributed by atoms with Gasteiger partial charge in [-0.2, -0.15) is 4.98 Å². The van der Waals surface area contributed by atoms with Crippen LogP contribution >= 0.6 is 7.60 Å². The molecule has 0 radical (unpaired) electrons. The van der Waals surface area contributed by atoms with E-state index in [2.05, 4.69) is 15.0 Å². The standard InChI is InChI=1S/C17H22N5O6P/c18-17-20-15-14(16(23)21-17)19-11-22(15)6-7-28-13(10-29(24,25)26)9-27-8-12-4-2-1-3-5-12/h1-5,11,13H,6-10H2,(H2,24,25,26)(H3,18,20,21,23). The van der Waals surface area contributed by atoms with Gasteiger partial charge in [-0.1, -0.05) is 30.3 Å². The second-order valence-electron chi connectivity index (χ2n) is 6.40. The number of hydrogen-bond donors (Lipinski definition) is 4. The zero-order valence-corrected chi connectivity index (χ0v) is 16.4. The Hall–Kier alpha value is -2.56. The Balaban J connectivity index is 1.58. The van der Waals surface area contributed by atoms with Crippen LogP contribution in [0.1, 0.15) is 5.56 Å². The largest absolute Gasteiger partial charge is 0.374 e. The SMILES string of the molecule is Nc1nc2c(ncn2CCOC(COCc2ccccc2)CP(=O)(O)O)c(=O)[nH]1. The van der Waals surface area contributed by atoms with Gasteiger partial charge in [-0.05, 0) is 5.56 Å². The van der Waals surface area contributed by atoms with Crippen molar-refractivity contribution >= 4 is 24.7 Å². The lowest BCUT2D eigenvalue weighted by Gasteiger charge is -2.19. The lowest BCUT2D eigenvalue weighted by atomic mass is 10.2. The quantitative estimate of drug-likeness (QED) is 0.339. The van der Waals surface area contributed by atoms with Crippen molar-refractivity contribution in [2.75, 3.05) is 25.1 Å². The molecule has 1 unspecified atom stereocenters. The smallest absolute Gasteiger partial charge is 0.328 e. The molecule has 0 amide bonds. The topological polar surface area (TPSA) is 166 Å². The summed E-state index contributed by atoms with van der Waals surface area (Å²) in [5.74, 6) is -0.0288. The van der Waals surface area contributed by atoms with Crippen LogP contribution in [-0.2, 0) is 27.2 Å². The second kappa shape index (κ2) is 9.29. The minimum atomic E-state index is -4.28. The molecule has 3 rings (SSSR count). The summed E-state index contributed by atoms with van der Waals surface area (Å²) in [6, 6.07) is 9.43. The van der Waals surface area contributed by atoms with Gasteiger partial charge in [0.2, 0.25) is 5.95 Å². The zero-order chi connectivity index (χ0) is 20.9. The van der Waals surface area contributed by atoms with Crippen molar-refractivity contribution in [3.05, 3.63) is 52.6 Å². The highest BCUT2D eigenvalue weighted by molar-refractivity contribution is 7.51. The molecule has 11 nitrogen and oxygen atoms in total. The van der Waals surface area contributed by atoms with E-state index in [9.17, 15) is 19.1 Å². The van der Waals surface area contributed by atoms with Crippen LogP contribution in [0.4, 0.5) is 5.95 Å². The van der Waals surface area contributed by atoms with Crippen molar-refractivity contribution in [2.24, 2.45) is 0 Å². The molecular weight excluding hydrogens is 401 g/mol. The van der Waals surface area contributed by atoms with Gasteiger partial charge in [0, 0.05) is 6.54 Å². The van der Waals surface area contributed by atoms with Gasteiger partial charge in [0.1, 0.15) is 0 Å². The number of aromatic amines is 1. The van der Waals surface area contributed by atoms with E-state index in [0.29, 0.717) is 12.3 Å². The lowest BCUT2D eigenvalue weighted by Crippen LogP contribution is -2.26. The number of anilines is 1. The first-order valence-corrected chi connectivity index (χ1v) is 10.6. The van der Waals surface area contributed by atoms with Gasteiger partial charge in [0.25, 0.3) is 5.56 Å². The third-order valence-corrected chi connectivity index (χ3v) is 4.92. The van der Waals surface area contributed by atoms with Crippen LogP contribution in [0, 0.1) is 0 Å². The minimum absolute atomic E-state index is 0.0234. The Bertz CT molecular complexity index is 1050. The number of nitrogens with zero attached hydrogens (tertiary/aromatic N) is 3. The third kappa shape index (κ3) is 6.21. The van der Waals surface area contributed by atoms with Crippen LogP contribution in [0.25, 0.3) is 11.2 Å². The van der Waals surface area contributed by atoms with Crippen molar-refractivity contribution in [1.82, 2.24) is 19.5 Å². The van der Waals surface area contributed by atoms with Crippen molar-refractivity contribution in [1.29, 1.82) is 0 Å². The molecule has 0 aliphatic carbocycles. The Morgan fingerprint density at radius 2 is 2.03 bits per heavy atom. The summed E-state index contributed by atoms with van der Waals surface area (Å²) in [6.45, 7) is 0.706. The third-order valence-electron chi connectivity index (χ3n) is 4.04. The zero-order valence-electron chi connectivity index (χ0n) is 15.5. The highest BCUT2D eigenvalue weighted by Gasteiger charge is 2.22. The molecule has 1 atom stereocenters. The molecular formula is C17H22N5O6P. The van der Waals surface area contributed by atoms with Crippen LogP contribution in [-0.4, -0.2) is 54.8 Å². The summed E-state index contributed by atoms with van der Waals surface area (Å²) in [5, 5.41) is 0. The van der Waals surface area contributed by atoms with E-state index >= 15 is 0 Å². The predicted molar refractivity (Wildman–Crippen MR) is 105 cm³/mol. The number of imidazole rings is 1. The van der Waals surface area contributed by atoms with Crippen molar-refractivity contribution in [3.63, 3.8) is 0 Å². The van der Waals surface area contributed by atoms with E-state index in [1.165, 1.54) is 6.33 Å². The fourth-order valence-electron chi connectivity index (χ4n) is 2.75. The van der Waals surface area contributed by atoms with E-state index in [4.69, 9.17) is 15.2 Å². The first kappa shape index (κ1) is 21.2. The molecule has 0 aliphatic heterocycles. The number of ether oxygens (including phenoxy) is 2. The summed E-state index contributed by atoms with van der Waals surface area (Å²) in [6.07, 6.45) is 0.174. The van der Waals surface area contributed by atoms with E-state index in [-0.39, 0.29) is 31.2 Å². The molecule has 2 heterocycles. The Morgan fingerprint density at radius 1 is 1.28 bits per heavy atom. The average molecular weight is 423 g/mol. The highest BCUT2D eigenvalue weighted by Crippen LogP contribution is 2.35. The van der Waals surface area contributed by atoms with Crippen molar-refractivity contribution in [2.45, 2.75) is 19.3 Å². The van der Waals surface area contributed by atoms with E-state index < -0.39 is 25.4 Å².